The Morgan fingerprint density at radius 1 is 0.970 bits per heavy atom. The predicted octanol–water partition coefficient (Wildman–Crippen LogP) is 4.54. The molecule has 0 spiro atoms. The Labute approximate surface area is 195 Å². The van der Waals surface area contributed by atoms with Gasteiger partial charge in [-0.2, -0.15) is 20.0 Å². The average molecular weight is 453 g/mol. The van der Waals surface area contributed by atoms with Gasteiger partial charge >= 0.3 is 0 Å². The molecule has 1 N–H and O–H groups in total. The van der Waals surface area contributed by atoms with Crippen LogP contribution in [0.3, 0.4) is 0 Å². The molecule has 1 aliphatic heterocycles. The normalized spacial score (nSPS) is 15.7. The molecule has 0 fully saturated rings. The van der Waals surface area contributed by atoms with Gasteiger partial charge in [0.1, 0.15) is 6.20 Å². The number of hydrogen-bond donors (Lipinski definition) is 1. The number of anilines is 1. The van der Waals surface area contributed by atoms with E-state index in [1.165, 1.54) is 5.56 Å². The number of benzene rings is 3. The van der Waals surface area contributed by atoms with Crippen LogP contribution >= 0.6 is 12.2 Å². The van der Waals surface area contributed by atoms with Crippen LogP contribution in [0, 0.1) is 4.77 Å². The van der Waals surface area contributed by atoms with Crippen LogP contribution in [0.5, 0.6) is 0 Å². The minimum atomic E-state index is -0.392. The van der Waals surface area contributed by atoms with Crippen molar-refractivity contribution in [2.45, 2.75) is 12.5 Å². The molecule has 162 valence electrons. The van der Waals surface area contributed by atoms with Crippen LogP contribution < -0.4 is 10.6 Å². The fraction of sp³-hybridized carbons (Fsp3) is 0.0800. The lowest BCUT2D eigenvalue weighted by atomic mass is 9.98. The fourth-order valence-electron chi connectivity index (χ4n) is 3.78. The predicted molar refractivity (Wildman–Crippen MR) is 132 cm³/mol. The van der Waals surface area contributed by atoms with Gasteiger partial charge in [-0.1, -0.05) is 72.8 Å². The van der Waals surface area contributed by atoms with Crippen LogP contribution in [0.4, 0.5) is 5.69 Å². The van der Waals surface area contributed by atoms with Crippen LogP contribution in [0.1, 0.15) is 29.2 Å². The second kappa shape index (κ2) is 9.13. The topological polar surface area (TPSA) is 78.6 Å². The summed E-state index contributed by atoms with van der Waals surface area (Å²) in [6.07, 6.45) is 3.54. The largest absolute Gasteiger partial charge is 0.293 e. The van der Waals surface area contributed by atoms with E-state index < -0.39 is 5.56 Å². The van der Waals surface area contributed by atoms with Crippen LogP contribution in [0.2, 0.25) is 0 Å². The lowest BCUT2D eigenvalue weighted by Crippen LogP contribution is -2.18. The summed E-state index contributed by atoms with van der Waals surface area (Å²) in [7, 11) is 0. The molecule has 3 aromatic carbocycles. The van der Waals surface area contributed by atoms with Gasteiger partial charge in [0.2, 0.25) is 4.77 Å². The van der Waals surface area contributed by atoms with Gasteiger partial charge in [-0.25, -0.2) is 0 Å². The monoisotopic (exact) mass is 452 g/mol. The van der Waals surface area contributed by atoms with Gasteiger partial charge in [0.05, 0.1) is 23.7 Å². The SMILES string of the molecule is O=c1cn[nH]c(=S)n1N=Cc1ccc(N2N=C(c3ccccc3)CC2c2ccccc2)cc1. The second-order valence-corrected chi connectivity index (χ2v) is 7.94. The molecule has 0 amide bonds. The molecule has 1 aliphatic rings. The third-order valence-electron chi connectivity index (χ3n) is 5.42. The molecule has 0 aliphatic carbocycles. The molecular formula is C25H20N6OS. The minimum absolute atomic E-state index is 0.106. The maximum Gasteiger partial charge on any atom is 0.293 e. The summed E-state index contributed by atoms with van der Waals surface area (Å²) in [6.45, 7) is 0. The van der Waals surface area contributed by atoms with E-state index >= 15 is 0 Å². The smallest absolute Gasteiger partial charge is 0.265 e. The highest BCUT2D eigenvalue weighted by atomic mass is 32.1. The van der Waals surface area contributed by atoms with Crippen molar-refractivity contribution in [2.75, 3.05) is 5.01 Å². The van der Waals surface area contributed by atoms with Gasteiger partial charge in [-0.15, -0.1) is 0 Å². The van der Waals surface area contributed by atoms with Gasteiger partial charge in [0.25, 0.3) is 5.56 Å². The molecule has 0 saturated carbocycles. The highest BCUT2D eigenvalue weighted by Gasteiger charge is 2.29. The summed E-state index contributed by atoms with van der Waals surface area (Å²) in [6, 6.07) is 28.7. The Kier molecular flexibility index (Phi) is 5.73. The Morgan fingerprint density at radius 3 is 2.36 bits per heavy atom. The summed E-state index contributed by atoms with van der Waals surface area (Å²) in [5, 5.41) is 17.4. The first kappa shape index (κ1) is 20.7. The molecule has 2 heterocycles. The maximum absolute atomic E-state index is 11.9. The number of nitrogens with one attached hydrogen (secondary N) is 1. The zero-order valence-electron chi connectivity index (χ0n) is 17.6. The second-order valence-electron chi connectivity index (χ2n) is 7.55. The van der Waals surface area contributed by atoms with Crippen molar-refractivity contribution >= 4 is 29.8 Å². The van der Waals surface area contributed by atoms with E-state index in [9.17, 15) is 4.79 Å². The molecule has 0 saturated heterocycles. The highest BCUT2D eigenvalue weighted by Crippen LogP contribution is 2.36. The van der Waals surface area contributed by atoms with Gasteiger partial charge in [0.15, 0.2) is 0 Å². The number of nitrogens with zero attached hydrogens (tertiary/aromatic N) is 5. The quantitative estimate of drug-likeness (QED) is 0.356. The fourth-order valence-corrected chi connectivity index (χ4v) is 3.97. The van der Waals surface area contributed by atoms with Crippen molar-refractivity contribution < 1.29 is 0 Å². The lowest BCUT2D eigenvalue weighted by molar-refractivity contribution is 0.709. The zero-order valence-corrected chi connectivity index (χ0v) is 18.4. The molecule has 5 rings (SSSR count). The summed E-state index contributed by atoms with van der Waals surface area (Å²) in [4.78, 5) is 11.9. The molecule has 0 bridgehead atoms. The standard InChI is InChI=1S/C25H20N6OS/c32-24-17-26-28-25(33)31(24)27-16-18-11-13-21(14-12-18)30-23(20-9-5-2-6-10-20)15-22(29-30)19-7-3-1-4-8-19/h1-14,16-17,23H,15H2,(H,28,33). The number of hydrazone groups is 1. The van der Waals surface area contributed by atoms with E-state index in [2.05, 4.69) is 56.7 Å². The molecule has 33 heavy (non-hydrogen) atoms. The van der Waals surface area contributed by atoms with Gasteiger partial charge < -0.3 is 0 Å². The number of rotatable bonds is 5. The van der Waals surface area contributed by atoms with Crippen molar-refractivity contribution in [3.05, 3.63) is 123 Å². The first-order valence-corrected chi connectivity index (χ1v) is 10.9. The number of hydrogen-bond acceptors (Lipinski definition) is 6. The summed E-state index contributed by atoms with van der Waals surface area (Å²) < 4.78 is 1.24. The van der Waals surface area contributed by atoms with E-state index in [0.717, 1.165) is 39.8 Å². The Morgan fingerprint density at radius 2 is 1.67 bits per heavy atom. The first-order chi connectivity index (χ1) is 16.2. The van der Waals surface area contributed by atoms with Gasteiger partial charge in [-0.05, 0) is 41.0 Å². The van der Waals surface area contributed by atoms with Crippen LogP contribution in [-0.4, -0.2) is 26.8 Å². The minimum Gasteiger partial charge on any atom is -0.265 e. The molecule has 0 radical (unpaired) electrons. The van der Waals surface area contributed by atoms with Gasteiger partial charge in [0, 0.05) is 6.42 Å². The molecule has 1 aromatic heterocycles. The van der Waals surface area contributed by atoms with Crippen LogP contribution in [0.15, 0.2) is 106 Å². The van der Waals surface area contributed by atoms with Gasteiger partial charge in [-0.3, -0.25) is 14.9 Å². The highest BCUT2D eigenvalue weighted by molar-refractivity contribution is 7.71. The third kappa shape index (κ3) is 4.42. The summed E-state index contributed by atoms with van der Waals surface area (Å²) in [5.74, 6) is 0. The number of aromatic amines is 1. The van der Waals surface area contributed by atoms with Crippen molar-refractivity contribution in [1.82, 2.24) is 14.9 Å². The van der Waals surface area contributed by atoms with Crippen molar-refractivity contribution in [3.63, 3.8) is 0 Å². The molecule has 4 aromatic rings. The van der Waals surface area contributed by atoms with E-state index in [0.29, 0.717) is 0 Å². The molecule has 1 atom stereocenters. The van der Waals surface area contributed by atoms with Crippen molar-refractivity contribution in [2.24, 2.45) is 10.2 Å². The maximum atomic E-state index is 11.9. The van der Waals surface area contributed by atoms with E-state index in [1.54, 1.807) is 6.21 Å². The molecule has 7 nitrogen and oxygen atoms in total. The molecule has 8 heteroatoms. The Bertz CT molecular complexity index is 1400. The summed E-state index contributed by atoms with van der Waals surface area (Å²) in [5.41, 5.74) is 4.82. The van der Waals surface area contributed by atoms with Crippen molar-refractivity contribution in [3.8, 4) is 0 Å². The van der Waals surface area contributed by atoms with Crippen LogP contribution in [-0.2, 0) is 0 Å². The molecular weight excluding hydrogens is 432 g/mol. The number of aromatic nitrogens is 3. The zero-order chi connectivity index (χ0) is 22.6. The van der Waals surface area contributed by atoms with E-state index in [-0.39, 0.29) is 10.8 Å². The van der Waals surface area contributed by atoms with Crippen molar-refractivity contribution in [1.29, 1.82) is 0 Å². The first-order valence-electron chi connectivity index (χ1n) is 10.5. The lowest BCUT2D eigenvalue weighted by Gasteiger charge is -2.24. The molecule has 1 unspecified atom stereocenters. The summed E-state index contributed by atoms with van der Waals surface area (Å²) >= 11 is 5.07. The Hall–Kier alpha value is -4.17. The third-order valence-corrected chi connectivity index (χ3v) is 5.68. The average Bonchev–Trinajstić information content (AvgIpc) is 3.31. The Balaban J connectivity index is 1.45. The van der Waals surface area contributed by atoms with E-state index in [4.69, 9.17) is 17.3 Å². The van der Waals surface area contributed by atoms with E-state index in [1.807, 2.05) is 48.5 Å². The number of H-pyrrole nitrogens is 1. The van der Waals surface area contributed by atoms with Crippen LogP contribution in [0.25, 0.3) is 0 Å².